The van der Waals surface area contributed by atoms with Crippen molar-refractivity contribution in [2.75, 3.05) is 0 Å². The van der Waals surface area contributed by atoms with E-state index in [0.29, 0.717) is 18.0 Å². The summed E-state index contributed by atoms with van der Waals surface area (Å²) in [4.78, 5) is 12.2. The predicted molar refractivity (Wildman–Crippen MR) is 65.6 cm³/mol. The molecule has 0 bridgehead atoms. The Labute approximate surface area is 106 Å². The molecule has 6 nitrogen and oxygen atoms in total. The van der Waals surface area contributed by atoms with E-state index < -0.39 is 6.10 Å². The Morgan fingerprint density at radius 2 is 2.11 bits per heavy atom. The van der Waals surface area contributed by atoms with E-state index >= 15 is 0 Å². The second-order valence-electron chi connectivity index (χ2n) is 4.60. The molecule has 0 aliphatic carbocycles. The fourth-order valence-corrected chi connectivity index (χ4v) is 1.70. The van der Waals surface area contributed by atoms with Crippen molar-refractivity contribution in [2.24, 2.45) is 5.92 Å². The highest BCUT2D eigenvalue weighted by molar-refractivity contribution is 5.02. The third kappa shape index (κ3) is 3.10. The first-order valence-electron chi connectivity index (χ1n) is 5.97. The molecule has 6 heteroatoms. The van der Waals surface area contributed by atoms with Gasteiger partial charge < -0.3 is 5.11 Å². The largest absolute Gasteiger partial charge is 0.386 e. The molecule has 1 atom stereocenters. The lowest BCUT2D eigenvalue weighted by Gasteiger charge is -2.11. The SMILES string of the molecule is CC(C)Cn1ncnc1CC(O)c1cnccn1. The molecular weight excluding hydrogens is 230 g/mol. The Morgan fingerprint density at radius 1 is 1.28 bits per heavy atom. The molecule has 2 rings (SSSR count). The summed E-state index contributed by atoms with van der Waals surface area (Å²) in [6, 6.07) is 0. The minimum absolute atomic E-state index is 0.394. The van der Waals surface area contributed by atoms with Crippen LogP contribution < -0.4 is 0 Å². The van der Waals surface area contributed by atoms with Crippen LogP contribution >= 0.6 is 0 Å². The van der Waals surface area contributed by atoms with Crippen LogP contribution in [0.3, 0.4) is 0 Å². The number of aromatic nitrogens is 5. The Hall–Kier alpha value is -1.82. The third-order valence-corrected chi connectivity index (χ3v) is 2.53. The molecule has 0 amide bonds. The number of hydrogen-bond donors (Lipinski definition) is 1. The van der Waals surface area contributed by atoms with Crippen molar-refractivity contribution < 1.29 is 5.11 Å². The first kappa shape index (κ1) is 12.6. The summed E-state index contributed by atoms with van der Waals surface area (Å²) in [6.07, 6.45) is 5.92. The van der Waals surface area contributed by atoms with Gasteiger partial charge in [0.2, 0.25) is 0 Å². The average molecular weight is 247 g/mol. The Morgan fingerprint density at radius 3 is 2.78 bits per heavy atom. The molecule has 0 spiro atoms. The van der Waals surface area contributed by atoms with E-state index in [9.17, 15) is 5.11 Å². The van der Waals surface area contributed by atoms with E-state index in [1.165, 1.54) is 6.33 Å². The maximum atomic E-state index is 10.1. The zero-order valence-corrected chi connectivity index (χ0v) is 10.6. The van der Waals surface area contributed by atoms with Gasteiger partial charge in [0.15, 0.2) is 0 Å². The first-order chi connectivity index (χ1) is 8.66. The van der Waals surface area contributed by atoms with Crippen molar-refractivity contribution in [1.29, 1.82) is 0 Å². The summed E-state index contributed by atoms with van der Waals surface area (Å²) >= 11 is 0. The highest BCUT2D eigenvalue weighted by Crippen LogP contribution is 2.14. The van der Waals surface area contributed by atoms with Crippen LogP contribution in [0.5, 0.6) is 0 Å². The average Bonchev–Trinajstić information content (AvgIpc) is 2.77. The van der Waals surface area contributed by atoms with E-state index in [4.69, 9.17) is 0 Å². The zero-order chi connectivity index (χ0) is 13.0. The van der Waals surface area contributed by atoms with Crippen LogP contribution in [-0.2, 0) is 13.0 Å². The molecule has 2 aromatic rings. The number of hydrogen-bond acceptors (Lipinski definition) is 5. The van der Waals surface area contributed by atoms with Crippen molar-refractivity contribution >= 4 is 0 Å². The van der Waals surface area contributed by atoms with Crippen molar-refractivity contribution in [3.63, 3.8) is 0 Å². The summed E-state index contributed by atoms with van der Waals surface area (Å²) in [5.41, 5.74) is 0.552. The fourth-order valence-electron chi connectivity index (χ4n) is 1.70. The van der Waals surface area contributed by atoms with Gasteiger partial charge in [-0.1, -0.05) is 13.8 Å². The molecule has 0 fully saturated rings. The Kier molecular flexibility index (Phi) is 3.99. The van der Waals surface area contributed by atoms with E-state index in [1.807, 2.05) is 4.68 Å². The van der Waals surface area contributed by atoms with Crippen molar-refractivity contribution in [3.05, 3.63) is 36.4 Å². The monoisotopic (exact) mass is 247 g/mol. The Balaban J connectivity index is 2.08. The topological polar surface area (TPSA) is 76.7 Å². The molecule has 18 heavy (non-hydrogen) atoms. The van der Waals surface area contributed by atoms with Gasteiger partial charge in [0.05, 0.1) is 11.9 Å². The number of nitrogens with zero attached hydrogens (tertiary/aromatic N) is 5. The van der Waals surface area contributed by atoms with E-state index in [0.717, 1.165) is 12.4 Å². The summed E-state index contributed by atoms with van der Waals surface area (Å²) in [5.74, 6) is 1.25. The van der Waals surface area contributed by atoms with Gasteiger partial charge in [-0.15, -0.1) is 0 Å². The molecule has 0 aliphatic heterocycles. The van der Waals surface area contributed by atoms with E-state index in [1.54, 1.807) is 18.6 Å². The smallest absolute Gasteiger partial charge is 0.138 e. The van der Waals surface area contributed by atoms with Crippen LogP contribution in [0.2, 0.25) is 0 Å². The lowest BCUT2D eigenvalue weighted by atomic mass is 10.2. The van der Waals surface area contributed by atoms with Gasteiger partial charge in [-0.2, -0.15) is 5.10 Å². The molecule has 0 saturated carbocycles. The van der Waals surface area contributed by atoms with Gasteiger partial charge >= 0.3 is 0 Å². The van der Waals surface area contributed by atoms with Gasteiger partial charge in [0.25, 0.3) is 0 Å². The van der Waals surface area contributed by atoms with Crippen LogP contribution in [-0.4, -0.2) is 29.8 Å². The number of aliphatic hydroxyl groups excluding tert-OH is 1. The first-order valence-corrected chi connectivity index (χ1v) is 5.97. The molecule has 2 heterocycles. The zero-order valence-electron chi connectivity index (χ0n) is 10.6. The normalized spacial score (nSPS) is 12.9. The molecular formula is C12H17N5O. The number of rotatable bonds is 5. The summed E-state index contributed by atoms with van der Waals surface area (Å²) < 4.78 is 1.82. The predicted octanol–water partition coefficient (Wildman–Crippen LogP) is 1.00. The fraction of sp³-hybridized carbons (Fsp3) is 0.500. The molecule has 96 valence electrons. The maximum Gasteiger partial charge on any atom is 0.138 e. The highest BCUT2D eigenvalue weighted by atomic mass is 16.3. The van der Waals surface area contributed by atoms with Crippen LogP contribution in [0.1, 0.15) is 31.5 Å². The second-order valence-corrected chi connectivity index (χ2v) is 4.60. The summed E-state index contributed by atoms with van der Waals surface area (Å²) in [7, 11) is 0. The number of aliphatic hydroxyl groups is 1. The summed E-state index contributed by atoms with van der Waals surface area (Å²) in [5, 5.41) is 14.2. The molecule has 0 radical (unpaired) electrons. The van der Waals surface area contributed by atoms with Crippen LogP contribution in [0.15, 0.2) is 24.9 Å². The van der Waals surface area contributed by atoms with Gasteiger partial charge in [-0.3, -0.25) is 9.97 Å². The lowest BCUT2D eigenvalue weighted by Crippen LogP contribution is -2.14. The van der Waals surface area contributed by atoms with E-state index in [2.05, 4.69) is 33.9 Å². The molecule has 1 N–H and O–H groups in total. The molecule has 1 unspecified atom stereocenters. The lowest BCUT2D eigenvalue weighted by molar-refractivity contribution is 0.168. The third-order valence-electron chi connectivity index (χ3n) is 2.53. The summed E-state index contributed by atoms with van der Waals surface area (Å²) in [6.45, 7) is 5.03. The molecule has 0 aromatic carbocycles. The van der Waals surface area contributed by atoms with Crippen LogP contribution in [0.4, 0.5) is 0 Å². The molecule has 0 aliphatic rings. The van der Waals surface area contributed by atoms with Crippen LogP contribution in [0, 0.1) is 5.92 Å². The van der Waals surface area contributed by atoms with Gasteiger partial charge in [-0.05, 0) is 5.92 Å². The minimum atomic E-state index is -0.700. The second kappa shape index (κ2) is 5.68. The minimum Gasteiger partial charge on any atom is -0.386 e. The van der Waals surface area contributed by atoms with Crippen molar-refractivity contribution in [1.82, 2.24) is 24.7 Å². The maximum absolute atomic E-state index is 10.1. The van der Waals surface area contributed by atoms with Gasteiger partial charge in [-0.25, -0.2) is 9.67 Å². The van der Waals surface area contributed by atoms with Gasteiger partial charge in [0, 0.05) is 25.4 Å². The molecule has 0 saturated heterocycles. The van der Waals surface area contributed by atoms with Gasteiger partial charge in [0.1, 0.15) is 18.3 Å². The highest BCUT2D eigenvalue weighted by Gasteiger charge is 2.14. The molecule has 2 aromatic heterocycles. The van der Waals surface area contributed by atoms with E-state index in [-0.39, 0.29) is 0 Å². The van der Waals surface area contributed by atoms with Crippen LogP contribution in [0.25, 0.3) is 0 Å². The quantitative estimate of drug-likeness (QED) is 0.853. The van der Waals surface area contributed by atoms with Crippen molar-refractivity contribution in [3.8, 4) is 0 Å². The standard InChI is InChI=1S/C12H17N5O/c1-9(2)7-17-12(15-8-16-17)5-11(18)10-6-13-3-4-14-10/h3-4,6,8-9,11,18H,5,7H2,1-2H3. The Bertz CT molecular complexity index is 482. The van der Waals surface area contributed by atoms with Crippen molar-refractivity contribution in [2.45, 2.75) is 32.9 Å².